The number of rotatable bonds is 0. The molecule has 1 aliphatic rings. The Morgan fingerprint density at radius 1 is 1.21 bits per heavy atom. The van der Waals surface area contributed by atoms with Crippen LogP contribution in [-0.2, 0) is 0 Å². The average Bonchev–Trinajstić information content (AvgIpc) is 2.08. The molecule has 0 nitrogen and oxygen atoms in total. The van der Waals surface area contributed by atoms with Gasteiger partial charge in [0.15, 0.2) is 11.6 Å². The van der Waals surface area contributed by atoms with Gasteiger partial charge in [0.25, 0.3) is 0 Å². The lowest BCUT2D eigenvalue weighted by Gasteiger charge is -2.26. The van der Waals surface area contributed by atoms with E-state index in [2.05, 4.69) is 13.8 Å². The number of hydrogen-bond acceptors (Lipinski definition) is 1. The third kappa shape index (κ3) is 1.65. The second kappa shape index (κ2) is 3.54. The summed E-state index contributed by atoms with van der Waals surface area (Å²) in [7, 11) is 0. The lowest BCUT2D eigenvalue weighted by Crippen LogP contribution is -2.11. The Balaban J connectivity index is 2.49. The number of benzene rings is 1. The first kappa shape index (κ1) is 9.97. The van der Waals surface area contributed by atoms with Gasteiger partial charge >= 0.3 is 0 Å². The molecule has 2 atom stereocenters. The summed E-state index contributed by atoms with van der Waals surface area (Å²) >= 11 is 1.63. The van der Waals surface area contributed by atoms with Crippen LogP contribution in [0.15, 0.2) is 17.0 Å². The van der Waals surface area contributed by atoms with Crippen molar-refractivity contribution in [2.24, 2.45) is 0 Å². The maximum atomic E-state index is 13.0. The molecule has 1 aromatic carbocycles. The summed E-state index contributed by atoms with van der Waals surface area (Å²) in [5.41, 5.74) is 0.951. The molecule has 2 unspecified atom stereocenters. The van der Waals surface area contributed by atoms with Crippen LogP contribution in [0.2, 0.25) is 0 Å². The molecule has 0 amide bonds. The van der Waals surface area contributed by atoms with E-state index in [9.17, 15) is 8.78 Å². The minimum absolute atomic E-state index is 0.330. The van der Waals surface area contributed by atoms with E-state index < -0.39 is 11.6 Å². The van der Waals surface area contributed by atoms with Crippen molar-refractivity contribution in [2.45, 2.75) is 36.3 Å². The Morgan fingerprint density at radius 3 is 2.57 bits per heavy atom. The van der Waals surface area contributed by atoms with E-state index in [4.69, 9.17) is 0 Å². The van der Waals surface area contributed by atoms with E-state index >= 15 is 0 Å². The summed E-state index contributed by atoms with van der Waals surface area (Å²) in [6.45, 7) is 4.18. The molecule has 0 radical (unpaired) electrons. The van der Waals surface area contributed by atoms with Crippen molar-refractivity contribution in [1.82, 2.24) is 0 Å². The highest BCUT2D eigenvalue weighted by Gasteiger charge is 2.23. The van der Waals surface area contributed by atoms with Gasteiger partial charge in [0, 0.05) is 10.1 Å². The SMILES string of the molecule is CC1CC(C)c2cc(F)c(F)cc2S1. The first-order valence-corrected chi connectivity index (χ1v) is 5.61. The van der Waals surface area contributed by atoms with Crippen LogP contribution in [0.5, 0.6) is 0 Å². The van der Waals surface area contributed by atoms with Gasteiger partial charge < -0.3 is 0 Å². The van der Waals surface area contributed by atoms with Crippen molar-refractivity contribution in [2.75, 3.05) is 0 Å². The fourth-order valence-corrected chi connectivity index (χ4v) is 3.31. The highest BCUT2D eigenvalue weighted by molar-refractivity contribution is 8.00. The lowest BCUT2D eigenvalue weighted by atomic mass is 9.95. The van der Waals surface area contributed by atoms with E-state index in [1.807, 2.05) is 0 Å². The first-order chi connectivity index (χ1) is 6.58. The Hall–Kier alpha value is -0.570. The molecule has 1 heterocycles. The van der Waals surface area contributed by atoms with Gasteiger partial charge in [-0.15, -0.1) is 11.8 Å². The van der Waals surface area contributed by atoms with Crippen LogP contribution in [0, 0.1) is 11.6 Å². The third-order valence-corrected chi connectivity index (χ3v) is 3.80. The molecule has 0 aromatic heterocycles. The van der Waals surface area contributed by atoms with Gasteiger partial charge in [0.2, 0.25) is 0 Å². The molecule has 0 bridgehead atoms. The van der Waals surface area contributed by atoms with Crippen LogP contribution in [0.1, 0.15) is 31.7 Å². The molecular formula is C11H12F2S. The summed E-state index contributed by atoms with van der Waals surface area (Å²) in [6, 6.07) is 2.66. The Kier molecular flexibility index (Phi) is 2.52. The average molecular weight is 214 g/mol. The van der Waals surface area contributed by atoms with Gasteiger partial charge in [-0.2, -0.15) is 0 Å². The minimum Gasteiger partial charge on any atom is -0.204 e. The third-order valence-electron chi connectivity index (χ3n) is 2.60. The maximum absolute atomic E-state index is 13.0. The van der Waals surface area contributed by atoms with Crippen LogP contribution in [0.3, 0.4) is 0 Å². The number of hydrogen-bond donors (Lipinski definition) is 0. The molecular weight excluding hydrogens is 202 g/mol. The monoisotopic (exact) mass is 214 g/mol. The smallest absolute Gasteiger partial charge is 0.159 e. The molecule has 1 aromatic rings. The molecule has 14 heavy (non-hydrogen) atoms. The second-order valence-electron chi connectivity index (χ2n) is 3.87. The van der Waals surface area contributed by atoms with Crippen molar-refractivity contribution >= 4 is 11.8 Å². The van der Waals surface area contributed by atoms with Crippen molar-refractivity contribution in [3.8, 4) is 0 Å². The molecule has 76 valence electrons. The van der Waals surface area contributed by atoms with Gasteiger partial charge in [-0.1, -0.05) is 13.8 Å². The summed E-state index contributed by atoms with van der Waals surface area (Å²) in [5, 5.41) is 0.488. The minimum atomic E-state index is -0.738. The molecule has 3 heteroatoms. The van der Waals surface area contributed by atoms with E-state index in [1.54, 1.807) is 11.8 Å². The Morgan fingerprint density at radius 2 is 1.86 bits per heavy atom. The molecule has 1 aliphatic heterocycles. The highest BCUT2D eigenvalue weighted by Crippen LogP contribution is 2.42. The quantitative estimate of drug-likeness (QED) is 0.630. The lowest BCUT2D eigenvalue weighted by molar-refractivity contribution is 0.499. The van der Waals surface area contributed by atoms with Gasteiger partial charge in [-0.3, -0.25) is 0 Å². The van der Waals surface area contributed by atoms with Gasteiger partial charge in [-0.25, -0.2) is 8.78 Å². The molecule has 2 rings (SSSR count). The summed E-state index contributed by atoms with van der Waals surface area (Å²) in [6.07, 6.45) is 1.03. The molecule has 0 fully saturated rings. The molecule has 0 saturated heterocycles. The van der Waals surface area contributed by atoms with Crippen molar-refractivity contribution in [3.63, 3.8) is 0 Å². The van der Waals surface area contributed by atoms with Crippen molar-refractivity contribution < 1.29 is 8.78 Å². The Bertz CT molecular complexity index is 363. The second-order valence-corrected chi connectivity index (χ2v) is 5.35. The molecule has 0 spiro atoms. The van der Waals surface area contributed by atoms with Crippen LogP contribution < -0.4 is 0 Å². The topological polar surface area (TPSA) is 0 Å². The molecule has 0 saturated carbocycles. The van der Waals surface area contributed by atoms with Gasteiger partial charge in [-0.05, 0) is 30.0 Å². The maximum Gasteiger partial charge on any atom is 0.159 e. The van der Waals surface area contributed by atoms with E-state index in [1.165, 1.54) is 12.1 Å². The first-order valence-electron chi connectivity index (χ1n) is 4.73. The summed E-state index contributed by atoms with van der Waals surface area (Å²) < 4.78 is 26.0. The van der Waals surface area contributed by atoms with Crippen molar-refractivity contribution in [3.05, 3.63) is 29.3 Å². The van der Waals surface area contributed by atoms with Crippen LogP contribution in [0.25, 0.3) is 0 Å². The van der Waals surface area contributed by atoms with Crippen LogP contribution >= 0.6 is 11.8 Å². The highest BCUT2D eigenvalue weighted by atomic mass is 32.2. The number of thioether (sulfide) groups is 1. The normalized spacial score (nSPS) is 26.0. The molecule has 0 N–H and O–H groups in total. The standard InChI is InChI=1S/C11H12F2S/c1-6-3-7(2)14-11-5-10(13)9(12)4-8(6)11/h4-7H,3H2,1-2H3. The number of fused-ring (bicyclic) bond motifs is 1. The van der Waals surface area contributed by atoms with E-state index in [0.29, 0.717) is 11.2 Å². The summed E-state index contributed by atoms with van der Waals surface area (Å²) in [5.74, 6) is -1.14. The zero-order chi connectivity index (χ0) is 10.3. The number of halogens is 2. The van der Waals surface area contributed by atoms with Crippen LogP contribution in [0.4, 0.5) is 8.78 Å². The van der Waals surface area contributed by atoms with Crippen LogP contribution in [-0.4, -0.2) is 5.25 Å². The predicted molar refractivity (Wildman–Crippen MR) is 54.7 cm³/mol. The summed E-state index contributed by atoms with van der Waals surface area (Å²) in [4.78, 5) is 0.898. The fourth-order valence-electron chi connectivity index (χ4n) is 1.92. The van der Waals surface area contributed by atoms with E-state index in [0.717, 1.165) is 16.9 Å². The van der Waals surface area contributed by atoms with Gasteiger partial charge in [0.05, 0.1) is 0 Å². The van der Waals surface area contributed by atoms with Gasteiger partial charge in [0.1, 0.15) is 0 Å². The predicted octanol–water partition coefficient (Wildman–Crippen LogP) is 3.95. The molecule has 0 aliphatic carbocycles. The Labute approximate surface area is 86.7 Å². The fraction of sp³-hybridized carbons (Fsp3) is 0.455. The zero-order valence-corrected chi connectivity index (χ0v) is 9.00. The largest absolute Gasteiger partial charge is 0.204 e. The zero-order valence-electron chi connectivity index (χ0n) is 8.18. The van der Waals surface area contributed by atoms with Crippen molar-refractivity contribution in [1.29, 1.82) is 0 Å². The van der Waals surface area contributed by atoms with E-state index in [-0.39, 0.29) is 0 Å².